The minimum absolute atomic E-state index is 0.288. The zero-order valence-corrected chi connectivity index (χ0v) is 21.7. The summed E-state index contributed by atoms with van der Waals surface area (Å²) in [6.45, 7) is 3.43. The number of carbonyl (C=O) groups is 1. The van der Waals surface area contributed by atoms with Crippen LogP contribution >= 0.6 is 11.6 Å². The molecular weight excluding hydrogens is 498 g/mol. The lowest BCUT2D eigenvalue weighted by molar-refractivity contribution is -0.111. The number of nitrogens with zero attached hydrogens (tertiary/aromatic N) is 2. The van der Waals surface area contributed by atoms with Gasteiger partial charge < -0.3 is 15.0 Å². The molecular formula is C27H28ClN3O4S. The molecule has 1 fully saturated rings. The Labute approximate surface area is 217 Å². The van der Waals surface area contributed by atoms with Crippen LogP contribution in [0.3, 0.4) is 0 Å². The van der Waals surface area contributed by atoms with E-state index in [1.54, 1.807) is 55.7 Å². The fourth-order valence-corrected chi connectivity index (χ4v) is 5.73. The van der Waals surface area contributed by atoms with Crippen molar-refractivity contribution < 1.29 is 17.9 Å². The van der Waals surface area contributed by atoms with Crippen LogP contribution in [0.1, 0.15) is 11.1 Å². The second-order valence-electron chi connectivity index (χ2n) is 8.44. The number of benzene rings is 3. The molecule has 0 aliphatic carbocycles. The van der Waals surface area contributed by atoms with Crippen molar-refractivity contribution in [2.45, 2.75) is 11.8 Å². The van der Waals surface area contributed by atoms with Gasteiger partial charge in [-0.3, -0.25) is 4.79 Å². The van der Waals surface area contributed by atoms with Crippen molar-refractivity contribution in [3.8, 4) is 5.75 Å². The van der Waals surface area contributed by atoms with Crippen molar-refractivity contribution in [3.63, 3.8) is 0 Å². The number of anilines is 2. The van der Waals surface area contributed by atoms with Gasteiger partial charge in [0.25, 0.3) is 0 Å². The SMILES string of the molecule is COc1ccc(/C=C/C(=O)Nc2cccc(Cl)c2N2CCN(S(=O)(=O)c3ccc(C)cc3)CC2)cc1. The van der Waals surface area contributed by atoms with Crippen molar-refractivity contribution in [3.05, 3.63) is 89.0 Å². The van der Waals surface area contributed by atoms with Gasteiger partial charge in [-0.15, -0.1) is 0 Å². The van der Waals surface area contributed by atoms with E-state index < -0.39 is 10.0 Å². The van der Waals surface area contributed by atoms with Gasteiger partial charge >= 0.3 is 0 Å². The van der Waals surface area contributed by atoms with Crippen LogP contribution in [0.15, 0.2) is 77.7 Å². The highest BCUT2D eigenvalue weighted by atomic mass is 35.5. The van der Waals surface area contributed by atoms with Crippen LogP contribution in [-0.2, 0) is 14.8 Å². The molecule has 36 heavy (non-hydrogen) atoms. The zero-order valence-electron chi connectivity index (χ0n) is 20.1. The maximum atomic E-state index is 13.1. The molecule has 0 unspecified atom stereocenters. The number of piperazine rings is 1. The summed E-state index contributed by atoms with van der Waals surface area (Å²) >= 11 is 6.53. The number of hydrogen-bond acceptors (Lipinski definition) is 5. The lowest BCUT2D eigenvalue weighted by atomic mass is 10.2. The first-order valence-electron chi connectivity index (χ1n) is 11.5. The number of rotatable bonds is 7. The highest BCUT2D eigenvalue weighted by Gasteiger charge is 2.30. The van der Waals surface area contributed by atoms with E-state index in [4.69, 9.17) is 16.3 Å². The molecule has 3 aromatic rings. The minimum Gasteiger partial charge on any atom is -0.497 e. The van der Waals surface area contributed by atoms with Gasteiger partial charge in [-0.2, -0.15) is 4.31 Å². The number of sulfonamides is 1. The number of carbonyl (C=O) groups excluding carboxylic acids is 1. The molecule has 1 aliphatic rings. The molecule has 0 radical (unpaired) electrons. The highest BCUT2D eigenvalue weighted by molar-refractivity contribution is 7.89. The van der Waals surface area contributed by atoms with Crippen LogP contribution in [0.25, 0.3) is 6.08 Å². The summed E-state index contributed by atoms with van der Waals surface area (Å²) in [5, 5.41) is 3.39. The van der Waals surface area contributed by atoms with Gasteiger partial charge in [0.15, 0.2) is 0 Å². The highest BCUT2D eigenvalue weighted by Crippen LogP contribution is 2.35. The second kappa shape index (κ2) is 11.2. The minimum atomic E-state index is -3.57. The molecule has 1 amide bonds. The predicted octanol–water partition coefficient (Wildman–Crippen LogP) is 4.82. The Kier molecular flexibility index (Phi) is 7.98. The van der Waals surface area contributed by atoms with Crippen LogP contribution in [0, 0.1) is 6.92 Å². The Hall–Kier alpha value is -3.33. The first-order chi connectivity index (χ1) is 17.3. The Morgan fingerprint density at radius 1 is 0.972 bits per heavy atom. The number of amides is 1. The van der Waals surface area contributed by atoms with E-state index >= 15 is 0 Å². The molecule has 4 rings (SSSR count). The quantitative estimate of drug-likeness (QED) is 0.447. The first kappa shape index (κ1) is 25.8. The molecule has 7 nitrogen and oxygen atoms in total. The average molecular weight is 526 g/mol. The summed E-state index contributed by atoms with van der Waals surface area (Å²) in [6, 6.07) is 19.6. The Bertz CT molecular complexity index is 1350. The third kappa shape index (κ3) is 5.90. The van der Waals surface area contributed by atoms with Gasteiger partial charge in [0.2, 0.25) is 15.9 Å². The van der Waals surface area contributed by atoms with E-state index in [9.17, 15) is 13.2 Å². The summed E-state index contributed by atoms with van der Waals surface area (Å²) in [5.74, 6) is 0.446. The Morgan fingerprint density at radius 2 is 1.64 bits per heavy atom. The fraction of sp³-hybridized carbons (Fsp3) is 0.222. The van der Waals surface area contributed by atoms with Gasteiger partial charge in [-0.25, -0.2) is 8.42 Å². The first-order valence-corrected chi connectivity index (χ1v) is 13.3. The molecule has 3 aromatic carbocycles. The lowest BCUT2D eigenvalue weighted by Gasteiger charge is -2.36. The summed E-state index contributed by atoms with van der Waals surface area (Å²) in [7, 11) is -1.97. The van der Waals surface area contributed by atoms with E-state index in [0.29, 0.717) is 42.6 Å². The average Bonchev–Trinajstić information content (AvgIpc) is 2.88. The largest absolute Gasteiger partial charge is 0.497 e. The maximum Gasteiger partial charge on any atom is 0.248 e. The number of methoxy groups -OCH3 is 1. The molecule has 0 bridgehead atoms. The van der Waals surface area contributed by atoms with E-state index in [2.05, 4.69) is 5.32 Å². The summed E-state index contributed by atoms with van der Waals surface area (Å²) < 4.78 is 32.7. The van der Waals surface area contributed by atoms with E-state index in [1.165, 1.54) is 10.4 Å². The van der Waals surface area contributed by atoms with Crippen LogP contribution in [0.4, 0.5) is 11.4 Å². The van der Waals surface area contributed by atoms with Crippen molar-refractivity contribution in [2.24, 2.45) is 0 Å². The van der Waals surface area contributed by atoms with Gasteiger partial charge in [-0.05, 0) is 55.0 Å². The van der Waals surface area contributed by atoms with Crippen LogP contribution in [0.2, 0.25) is 5.02 Å². The molecule has 1 N–H and O–H groups in total. The van der Waals surface area contributed by atoms with E-state index in [1.807, 2.05) is 36.1 Å². The number of halogens is 1. The van der Waals surface area contributed by atoms with E-state index in [0.717, 1.165) is 16.9 Å². The fourth-order valence-electron chi connectivity index (χ4n) is 4.01. The predicted molar refractivity (Wildman–Crippen MR) is 144 cm³/mol. The monoisotopic (exact) mass is 525 g/mol. The Morgan fingerprint density at radius 3 is 2.28 bits per heavy atom. The lowest BCUT2D eigenvalue weighted by Crippen LogP contribution is -2.49. The molecule has 1 heterocycles. The number of nitrogens with one attached hydrogen (secondary N) is 1. The Balaban J connectivity index is 1.45. The van der Waals surface area contributed by atoms with Crippen LogP contribution < -0.4 is 15.0 Å². The molecule has 0 atom stereocenters. The summed E-state index contributed by atoms with van der Waals surface area (Å²) in [6.07, 6.45) is 3.17. The molecule has 1 saturated heterocycles. The van der Waals surface area contributed by atoms with Gasteiger partial charge in [0, 0.05) is 32.3 Å². The van der Waals surface area contributed by atoms with Gasteiger partial charge in [0.1, 0.15) is 5.75 Å². The molecule has 1 aliphatic heterocycles. The smallest absolute Gasteiger partial charge is 0.248 e. The summed E-state index contributed by atoms with van der Waals surface area (Å²) in [4.78, 5) is 14.9. The van der Waals surface area contributed by atoms with E-state index in [-0.39, 0.29) is 10.8 Å². The number of para-hydroxylation sites is 1. The van der Waals surface area contributed by atoms with Gasteiger partial charge in [-0.1, -0.05) is 47.5 Å². The third-order valence-corrected chi connectivity index (χ3v) is 8.22. The number of ether oxygens (including phenoxy) is 1. The summed E-state index contributed by atoms with van der Waals surface area (Å²) in [5.41, 5.74) is 3.12. The molecule has 0 spiro atoms. The normalized spacial score (nSPS) is 14.7. The standard InChI is InChI=1S/C27H28ClN3O4S/c1-20-6-13-23(14-7-20)36(33,34)31-18-16-30(17-19-31)27-24(28)4-3-5-25(27)29-26(32)15-10-21-8-11-22(35-2)12-9-21/h3-15H,16-19H2,1-2H3,(H,29,32)/b15-10+. The van der Waals surface area contributed by atoms with Crippen molar-refractivity contribution in [1.29, 1.82) is 0 Å². The van der Waals surface area contributed by atoms with Crippen molar-refractivity contribution in [1.82, 2.24) is 4.31 Å². The van der Waals surface area contributed by atoms with Crippen LogP contribution in [0.5, 0.6) is 5.75 Å². The van der Waals surface area contributed by atoms with Crippen LogP contribution in [-0.4, -0.2) is 51.9 Å². The second-order valence-corrected chi connectivity index (χ2v) is 10.8. The zero-order chi connectivity index (χ0) is 25.7. The number of aryl methyl sites for hydroxylation is 1. The van der Waals surface area contributed by atoms with Crippen molar-refractivity contribution in [2.75, 3.05) is 43.5 Å². The van der Waals surface area contributed by atoms with Gasteiger partial charge in [0.05, 0.1) is 28.4 Å². The molecule has 188 valence electrons. The molecule has 9 heteroatoms. The third-order valence-electron chi connectivity index (χ3n) is 6.00. The molecule has 0 saturated carbocycles. The number of hydrogen-bond donors (Lipinski definition) is 1. The maximum absolute atomic E-state index is 13.1. The topological polar surface area (TPSA) is 79.0 Å². The molecule has 0 aromatic heterocycles. The van der Waals surface area contributed by atoms with Crippen molar-refractivity contribution >= 4 is 45.0 Å².